The molecule has 0 fully saturated rings. The summed E-state index contributed by atoms with van der Waals surface area (Å²) in [6.07, 6.45) is 2.98. The summed E-state index contributed by atoms with van der Waals surface area (Å²) in [5.74, 6) is -0.0426. The smallest absolute Gasteiger partial charge is 0.363 e. The minimum absolute atomic E-state index is 0.0160. The van der Waals surface area contributed by atoms with E-state index in [0.717, 1.165) is 5.56 Å². The van der Waals surface area contributed by atoms with Gasteiger partial charge in [0.2, 0.25) is 5.90 Å². The molecule has 1 aliphatic heterocycles. The van der Waals surface area contributed by atoms with Gasteiger partial charge in [-0.3, -0.25) is 10.1 Å². The minimum Gasteiger partial charge on any atom is -0.482 e. The van der Waals surface area contributed by atoms with E-state index in [-0.39, 0.29) is 34.0 Å². The number of carbonyl (C=O) groups excluding carboxylic acids is 1. The maximum absolute atomic E-state index is 12.3. The average Bonchev–Trinajstić information content (AvgIpc) is 3.19. The van der Waals surface area contributed by atoms with Crippen molar-refractivity contribution in [2.45, 2.75) is 6.10 Å². The molecule has 0 saturated carbocycles. The van der Waals surface area contributed by atoms with Gasteiger partial charge in [0.25, 0.3) is 5.69 Å². The lowest BCUT2D eigenvalue weighted by atomic mass is 10.1. The SMILES string of the molecule is C=CC(Oc1ccc(/C=C2\N=C(c3ccc(Cl)c([N+](=O)[O-])c3)OC2=O)cc1)c1ccccc1. The number of aliphatic imine (C=N–C) groups is 1. The summed E-state index contributed by atoms with van der Waals surface area (Å²) in [7, 11) is 0. The van der Waals surface area contributed by atoms with Gasteiger partial charge in [0, 0.05) is 11.6 Å². The van der Waals surface area contributed by atoms with Crippen molar-refractivity contribution in [2.24, 2.45) is 4.99 Å². The summed E-state index contributed by atoms with van der Waals surface area (Å²) in [6, 6.07) is 20.9. The number of benzene rings is 3. The second kappa shape index (κ2) is 9.50. The molecule has 164 valence electrons. The van der Waals surface area contributed by atoms with Crippen molar-refractivity contribution >= 4 is 35.2 Å². The number of carbonyl (C=O) groups is 1. The standard InChI is InChI=1S/C25H17ClN2O5/c1-2-23(17-6-4-3-5-7-17)32-19-11-8-16(9-12-19)14-21-25(29)33-24(27-21)18-10-13-20(26)22(15-18)28(30)31/h2-15,23H,1H2/b21-14-. The van der Waals surface area contributed by atoms with Crippen LogP contribution in [-0.4, -0.2) is 16.8 Å². The number of nitrogens with zero attached hydrogens (tertiary/aromatic N) is 2. The van der Waals surface area contributed by atoms with E-state index in [9.17, 15) is 14.9 Å². The first kappa shape index (κ1) is 22.0. The predicted molar refractivity (Wildman–Crippen MR) is 125 cm³/mol. The van der Waals surface area contributed by atoms with Gasteiger partial charge >= 0.3 is 5.97 Å². The van der Waals surface area contributed by atoms with Crippen molar-refractivity contribution in [2.75, 3.05) is 0 Å². The molecule has 4 rings (SSSR count). The summed E-state index contributed by atoms with van der Waals surface area (Å²) in [5.41, 5.74) is 1.75. The molecule has 1 aliphatic rings. The summed E-state index contributed by atoms with van der Waals surface area (Å²) in [5, 5.41) is 11.1. The number of ether oxygens (including phenoxy) is 2. The molecule has 8 heteroatoms. The third-order valence-corrected chi connectivity index (χ3v) is 5.12. The molecule has 3 aromatic rings. The number of rotatable bonds is 7. The lowest BCUT2D eigenvalue weighted by molar-refractivity contribution is -0.384. The van der Waals surface area contributed by atoms with Gasteiger partial charge in [-0.25, -0.2) is 9.79 Å². The Bertz CT molecular complexity index is 1280. The van der Waals surface area contributed by atoms with Crippen LogP contribution >= 0.6 is 11.6 Å². The molecule has 0 spiro atoms. The zero-order chi connectivity index (χ0) is 23.4. The number of hydrogen-bond acceptors (Lipinski definition) is 6. The van der Waals surface area contributed by atoms with Crippen molar-refractivity contribution < 1.29 is 19.2 Å². The highest BCUT2D eigenvalue weighted by molar-refractivity contribution is 6.32. The van der Waals surface area contributed by atoms with E-state index in [0.29, 0.717) is 11.3 Å². The van der Waals surface area contributed by atoms with E-state index in [1.807, 2.05) is 30.3 Å². The van der Waals surface area contributed by atoms with E-state index in [1.54, 1.807) is 36.4 Å². The number of cyclic esters (lactones) is 1. The molecule has 0 radical (unpaired) electrons. The molecule has 0 amide bonds. The number of nitro groups is 1. The molecule has 1 unspecified atom stereocenters. The molecule has 0 bridgehead atoms. The molecule has 0 aromatic heterocycles. The van der Waals surface area contributed by atoms with Crippen LogP contribution in [-0.2, 0) is 9.53 Å². The summed E-state index contributed by atoms with van der Waals surface area (Å²) in [6.45, 7) is 3.83. The monoisotopic (exact) mass is 460 g/mol. The molecule has 0 aliphatic carbocycles. The summed E-state index contributed by atoms with van der Waals surface area (Å²) in [4.78, 5) is 26.9. The Labute approximate surface area is 194 Å². The van der Waals surface area contributed by atoms with Gasteiger partial charge in [0.05, 0.1) is 4.92 Å². The molecule has 7 nitrogen and oxygen atoms in total. The van der Waals surface area contributed by atoms with Crippen LogP contribution in [0.25, 0.3) is 6.08 Å². The first-order valence-electron chi connectivity index (χ1n) is 9.85. The Kier molecular flexibility index (Phi) is 6.33. The highest BCUT2D eigenvalue weighted by Gasteiger charge is 2.26. The van der Waals surface area contributed by atoms with Gasteiger partial charge in [-0.2, -0.15) is 0 Å². The molecular weight excluding hydrogens is 444 g/mol. The van der Waals surface area contributed by atoms with Crippen LogP contribution in [0.1, 0.15) is 22.8 Å². The fourth-order valence-electron chi connectivity index (χ4n) is 3.16. The Balaban J connectivity index is 1.52. The topological polar surface area (TPSA) is 91.0 Å². The number of hydrogen-bond donors (Lipinski definition) is 0. The van der Waals surface area contributed by atoms with E-state index < -0.39 is 10.9 Å². The normalized spacial score (nSPS) is 15.0. The second-order valence-electron chi connectivity index (χ2n) is 7.01. The van der Waals surface area contributed by atoms with Crippen molar-refractivity contribution in [3.05, 3.63) is 123 Å². The van der Waals surface area contributed by atoms with Crippen LogP contribution in [0, 0.1) is 10.1 Å². The predicted octanol–water partition coefficient (Wildman–Crippen LogP) is 5.90. The van der Waals surface area contributed by atoms with Crippen LogP contribution in [0.5, 0.6) is 5.75 Å². The van der Waals surface area contributed by atoms with Crippen LogP contribution in [0.15, 0.2) is 96.1 Å². The summed E-state index contributed by atoms with van der Waals surface area (Å²) >= 11 is 5.83. The van der Waals surface area contributed by atoms with Crippen molar-refractivity contribution in [1.29, 1.82) is 0 Å². The van der Waals surface area contributed by atoms with Crippen LogP contribution in [0.3, 0.4) is 0 Å². The van der Waals surface area contributed by atoms with Crippen molar-refractivity contribution in [3.63, 3.8) is 0 Å². The molecular formula is C25H17ClN2O5. The maximum Gasteiger partial charge on any atom is 0.363 e. The Morgan fingerprint density at radius 1 is 1.09 bits per heavy atom. The molecule has 3 aromatic carbocycles. The van der Waals surface area contributed by atoms with E-state index in [4.69, 9.17) is 21.1 Å². The van der Waals surface area contributed by atoms with Gasteiger partial charge in [-0.15, -0.1) is 0 Å². The Hall–Kier alpha value is -4.23. The van der Waals surface area contributed by atoms with Gasteiger partial charge < -0.3 is 9.47 Å². The quantitative estimate of drug-likeness (QED) is 0.144. The molecule has 0 N–H and O–H groups in total. The number of nitro benzene ring substituents is 1. The minimum atomic E-state index is -0.654. The van der Waals surface area contributed by atoms with Gasteiger partial charge in [-0.1, -0.05) is 60.6 Å². The van der Waals surface area contributed by atoms with Crippen LogP contribution in [0.4, 0.5) is 5.69 Å². The first-order valence-corrected chi connectivity index (χ1v) is 10.2. The fourth-order valence-corrected chi connectivity index (χ4v) is 3.35. The fraction of sp³-hybridized carbons (Fsp3) is 0.0400. The second-order valence-corrected chi connectivity index (χ2v) is 7.42. The zero-order valence-corrected chi connectivity index (χ0v) is 17.9. The number of esters is 1. The lowest BCUT2D eigenvalue weighted by Crippen LogP contribution is -2.06. The van der Waals surface area contributed by atoms with Crippen molar-refractivity contribution in [1.82, 2.24) is 0 Å². The lowest BCUT2D eigenvalue weighted by Gasteiger charge is -2.16. The largest absolute Gasteiger partial charge is 0.482 e. The van der Waals surface area contributed by atoms with Crippen LogP contribution in [0.2, 0.25) is 5.02 Å². The third-order valence-electron chi connectivity index (χ3n) is 4.80. The Morgan fingerprint density at radius 2 is 1.82 bits per heavy atom. The van der Waals surface area contributed by atoms with Gasteiger partial charge in [0.15, 0.2) is 5.70 Å². The summed E-state index contributed by atoms with van der Waals surface area (Å²) < 4.78 is 11.2. The highest BCUT2D eigenvalue weighted by Crippen LogP contribution is 2.28. The van der Waals surface area contributed by atoms with E-state index in [2.05, 4.69) is 11.6 Å². The first-order chi connectivity index (χ1) is 15.9. The molecule has 1 heterocycles. The Morgan fingerprint density at radius 3 is 2.48 bits per heavy atom. The average molecular weight is 461 g/mol. The maximum atomic E-state index is 12.3. The molecule has 0 saturated heterocycles. The third kappa shape index (κ3) is 4.99. The zero-order valence-electron chi connectivity index (χ0n) is 17.2. The van der Waals surface area contributed by atoms with E-state index >= 15 is 0 Å². The van der Waals surface area contributed by atoms with E-state index in [1.165, 1.54) is 18.2 Å². The van der Waals surface area contributed by atoms with Crippen molar-refractivity contribution in [3.8, 4) is 5.75 Å². The number of halogens is 1. The highest BCUT2D eigenvalue weighted by atomic mass is 35.5. The van der Waals surface area contributed by atoms with Gasteiger partial charge in [-0.05, 0) is 47.5 Å². The molecule has 1 atom stereocenters. The molecule has 33 heavy (non-hydrogen) atoms. The van der Waals surface area contributed by atoms with Crippen LogP contribution < -0.4 is 4.74 Å². The van der Waals surface area contributed by atoms with Gasteiger partial charge in [0.1, 0.15) is 16.9 Å².